The molecule has 1 atom stereocenters. The van der Waals surface area contributed by atoms with Crippen LogP contribution in [0.15, 0.2) is 72.8 Å². The third-order valence-electron chi connectivity index (χ3n) is 5.58. The second kappa shape index (κ2) is 15.9. The van der Waals surface area contributed by atoms with Crippen LogP contribution < -0.4 is 4.74 Å². The van der Waals surface area contributed by atoms with Gasteiger partial charge in [0.15, 0.2) is 5.78 Å². The van der Waals surface area contributed by atoms with Gasteiger partial charge in [0, 0.05) is 5.56 Å². The van der Waals surface area contributed by atoms with E-state index in [0.29, 0.717) is 12.5 Å². The fourth-order valence-corrected chi connectivity index (χ4v) is 3.40. The summed E-state index contributed by atoms with van der Waals surface area (Å²) < 4.78 is 5.89. The average molecular weight is 447 g/mol. The number of hydrogen-bond acceptors (Lipinski definition) is 2. The average Bonchev–Trinajstić information content (AvgIpc) is 2.84. The van der Waals surface area contributed by atoms with Gasteiger partial charge in [-0.2, -0.15) is 0 Å². The molecule has 0 aliphatic heterocycles. The standard InChI is InChI=1S/C20H24O2.C9H12.C2H6/c1-4-17(13-19-8-6-5-7-15(19)2)14-22-20-11-9-18(10-12-20)16(3)21;1-3-9-6-4-5-8(2)7-9;1-2/h5-12,17H,4,13-14H2,1-3H3;4-7H,3H2,1-2H3;1-2H3/t17-;;/m0../s1. The number of ketones is 1. The lowest BCUT2D eigenvalue weighted by atomic mass is 9.95. The molecule has 2 nitrogen and oxygen atoms in total. The van der Waals surface area contributed by atoms with E-state index >= 15 is 0 Å². The zero-order valence-electron chi connectivity index (χ0n) is 21.7. The predicted octanol–water partition coefficient (Wildman–Crippen LogP) is 8.43. The lowest BCUT2D eigenvalue weighted by Crippen LogP contribution is -2.14. The zero-order valence-corrected chi connectivity index (χ0v) is 21.7. The number of hydrogen-bond donors (Lipinski definition) is 0. The highest BCUT2D eigenvalue weighted by Crippen LogP contribution is 2.19. The Morgan fingerprint density at radius 3 is 2.06 bits per heavy atom. The maximum atomic E-state index is 11.3. The molecular formula is C31H42O2. The van der Waals surface area contributed by atoms with Gasteiger partial charge in [-0.1, -0.05) is 81.8 Å². The van der Waals surface area contributed by atoms with E-state index in [1.54, 1.807) is 6.92 Å². The molecule has 0 aromatic heterocycles. The van der Waals surface area contributed by atoms with Crippen LogP contribution in [0.3, 0.4) is 0 Å². The molecule has 0 amide bonds. The Bertz CT molecular complexity index is 941. The molecule has 2 heteroatoms. The van der Waals surface area contributed by atoms with Crippen LogP contribution in [-0.4, -0.2) is 12.4 Å². The summed E-state index contributed by atoms with van der Waals surface area (Å²) in [5.41, 5.74) is 6.24. The molecule has 0 heterocycles. The van der Waals surface area contributed by atoms with Crippen LogP contribution in [0.2, 0.25) is 0 Å². The first-order chi connectivity index (χ1) is 15.9. The molecule has 0 spiro atoms. The van der Waals surface area contributed by atoms with Crippen molar-refractivity contribution in [2.45, 2.75) is 67.7 Å². The van der Waals surface area contributed by atoms with Gasteiger partial charge < -0.3 is 4.74 Å². The lowest BCUT2D eigenvalue weighted by Gasteiger charge is -2.17. The number of ether oxygens (including phenoxy) is 1. The van der Waals surface area contributed by atoms with Gasteiger partial charge in [0.25, 0.3) is 0 Å². The second-order valence-electron chi connectivity index (χ2n) is 8.14. The molecule has 0 aliphatic rings. The molecule has 3 aromatic rings. The van der Waals surface area contributed by atoms with Gasteiger partial charge >= 0.3 is 0 Å². The summed E-state index contributed by atoms with van der Waals surface area (Å²) in [7, 11) is 0. The molecule has 0 radical (unpaired) electrons. The molecular weight excluding hydrogens is 404 g/mol. The maximum absolute atomic E-state index is 11.3. The van der Waals surface area contributed by atoms with Gasteiger partial charge in [-0.25, -0.2) is 0 Å². The molecule has 33 heavy (non-hydrogen) atoms. The Kier molecular flexibility index (Phi) is 13.5. The summed E-state index contributed by atoms with van der Waals surface area (Å²) in [6.45, 7) is 14.9. The minimum Gasteiger partial charge on any atom is -0.493 e. The van der Waals surface area contributed by atoms with Gasteiger partial charge in [-0.05, 0) is 86.9 Å². The van der Waals surface area contributed by atoms with Crippen LogP contribution in [0.25, 0.3) is 0 Å². The Balaban J connectivity index is 0.000000412. The topological polar surface area (TPSA) is 26.3 Å². The summed E-state index contributed by atoms with van der Waals surface area (Å²) in [4.78, 5) is 11.3. The minimum atomic E-state index is 0.0811. The number of rotatable bonds is 8. The number of benzene rings is 3. The van der Waals surface area contributed by atoms with Crippen molar-refractivity contribution in [1.82, 2.24) is 0 Å². The smallest absolute Gasteiger partial charge is 0.159 e. The highest BCUT2D eigenvalue weighted by molar-refractivity contribution is 5.94. The fraction of sp³-hybridized carbons (Fsp3) is 0.387. The molecule has 3 rings (SSSR count). The minimum absolute atomic E-state index is 0.0811. The fourth-order valence-electron chi connectivity index (χ4n) is 3.40. The largest absolute Gasteiger partial charge is 0.493 e. The first kappa shape index (κ1) is 28.2. The van der Waals surface area contributed by atoms with Gasteiger partial charge in [-0.3, -0.25) is 4.79 Å². The van der Waals surface area contributed by atoms with E-state index in [-0.39, 0.29) is 5.78 Å². The van der Waals surface area contributed by atoms with Crippen molar-refractivity contribution in [2.75, 3.05) is 6.61 Å². The molecule has 0 N–H and O–H groups in total. The third-order valence-corrected chi connectivity index (χ3v) is 5.58. The highest BCUT2D eigenvalue weighted by atomic mass is 16.5. The zero-order chi connectivity index (χ0) is 24.6. The van der Waals surface area contributed by atoms with Crippen LogP contribution >= 0.6 is 0 Å². The van der Waals surface area contributed by atoms with Gasteiger partial charge in [-0.15, -0.1) is 0 Å². The number of Topliss-reactive ketones (excluding diaryl/α,β-unsaturated/α-hetero) is 1. The molecule has 3 aromatic carbocycles. The normalized spacial score (nSPS) is 10.8. The monoisotopic (exact) mass is 446 g/mol. The van der Waals surface area contributed by atoms with Crippen molar-refractivity contribution in [2.24, 2.45) is 5.92 Å². The number of aryl methyl sites for hydroxylation is 3. The van der Waals surface area contributed by atoms with Crippen molar-refractivity contribution >= 4 is 5.78 Å². The summed E-state index contributed by atoms with van der Waals surface area (Å²) >= 11 is 0. The maximum Gasteiger partial charge on any atom is 0.159 e. The van der Waals surface area contributed by atoms with E-state index in [0.717, 1.165) is 30.6 Å². The molecule has 0 fully saturated rings. The lowest BCUT2D eigenvalue weighted by molar-refractivity contribution is 0.101. The van der Waals surface area contributed by atoms with Gasteiger partial charge in [0.1, 0.15) is 5.75 Å². The quantitative estimate of drug-likeness (QED) is 0.325. The van der Waals surface area contributed by atoms with Crippen LogP contribution in [-0.2, 0) is 12.8 Å². The van der Waals surface area contributed by atoms with Crippen LogP contribution in [0.5, 0.6) is 5.75 Å². The Morgan fingerprint density at radius 2 is 1.55 bits per heavy atom. The first-order valence-corrected chi connectivity index (χ1v) is 12.3. The van der Waals surface area contributed by atoms with E-state index in [1.165, 1.54) is 22.3 Å². The van der Waals surface area contributed by atoms with E-state index < -0.39 is 0 Å². The summed E-state index contributed by atoms with van der Waals surface area (Å²) in [6.07, 6.45) is 3.26. The van der Waals surface area contributed by atoms with Crippen molar-refractivity contribution in [3.63, 3.8) is 0 Å². The van der Waals surface area contributed by atoms with Crippen molar-refractivity contribution in [3.05, 3.63) is 101 Å². The second-order valence-corrected chi connectivity index (χ2v) is 8.14. The molecule has 0 aliphatic carbocycles. The Labute approximate surface area is 202 Å². The SMILES string of the molecule is CC.CC[C@H](COc1ccc(C(C)=O)cc1)Cc1ccccc1C.CCc1cccc(C)c1. The summed E-state index contributed by atoms with van der Waals surface area (Å²) in [6, 6.07) is 24.5. The summed E-state index contributed by atoms with van der Waals surface area (Å²) in [5, 5.41) is 0. The van der Waals surface area contributed by atoms with E-state index in [9.17, 15) is 4.79 Å². The Morgan fingerprint density at radius 1 is 0.879 bits per heavy atom. The van der Waals surface area contributed by atoms with E-state index in [2.05, 4.69) is 76.2 Å². The van der Waals surface area contributed by atoms with Crippen molar-refractivity contribution < 1.29 is 9.53 Å². The predicted molar refractivity (Wildman–Crippen MR) is 143 cm³/mol. The van der Waals surface area contributed by atoms with E-state index in [1.807, 2.05) is 38.1 Å². The van der Waals surface area contributed by atoms with Crippen molar-refractivity contribution in [3.8, 4) is 5.75 Å². The third kappa shape index (κ3) is 10.5. The van der Waals surface area contributed by atoms with Crippen molar-refractivity contribution in [1.29, 1.82) is 0 Å². The van der Waals surface area contributed by atoms with Crippen LogP contribution in [0.4, 0.5) is 0 Å². The van der Waals surface area contributed by atoms with Gasteiger partial charge in [0.2, 0.25) is 0 Å². The van der Waals surface area contributed by atoms with Gasteiger partial charge in [0.05, 0.1) is 6.61 Å². The van der Waals surface area contributed by atoms with Crippen LogP contribution in [0.1, 0.15) is 73.7 Å². The summed E-state index contributed by atoms with van der Waals surface area (Å²) in [5.74, 6) is 1.40. The molecule has 0 unspecified atom stereocenters. The highest BCUT2D eigenvalue weighted by Gasteiger charge is 2.10. The van der Waals surface area contributed by atoms with E-state index in [4.69, 9.17) is 4.74 Å². The molecule has 0 saturated heterocycles. The first-order valence-electron chi connectivity index (χ1n) is 12.3. The molecule has 0 bridgehead atoms. The molecule has 178 valence electrons. The van der Waals surface area contributed by atoms with Crippen LogP contribution in [0, 0.1) is 19.8 Å². The number of carbonyl (C=O) groups excluding carboxylic acids is 1. The molecule has 0 saturated carbocycles. The number of carbonyl (C=O) groups is 1. The Hall–Kier alpha value is -2.87.